The number of hydrogen-bond donors (Lipinski definition) is 2. The molecule has 0 aliphatic rings. The Kier molecular flexibility index (Phi) is 9.87. The first kappa shape index (κ1) is 26.3. The zero-order valence-corrected chi connectivity index (χ0v) is 20.5. The van der Waals surface area contributed by atoms with Crippen LogP contribution in [0.25, 0.3) is 0 Å². The van der Waals surface area contributed by atoms with Crippen LogP contribution in [0.5, 0.6) is 0 Å². The summed E-state index contributed by atoms with van der Waals surface area (Å²) in [7, 11) is 0. The largest absolute Gasteiger partial charge is 0.462 e. The number of nitrogens with one attached hydrogen (secondary N) is 2. The molecule has 178 valence electrons. The van der Waals surface area contributed by atoms with Crippen molar-refractivity contribution in [3.8, 4) is 0 Å². The van der Waals surface area contributed by atoms with E-state index in [0.29, 0.717) is 11.4 Å². The zero-order chi connectivity index (χ0) is 24.5. The molecule has 2 rings (SSSR count). The second-order valence-electron chi connectivity index (χ2n) is 7.36. The maximum absolute atomic E-state index is 12.6. The number of carbonyl (C=O) groups is 4. The van der Waals surface area contributed by atoms with Crippen LogP contribution >= 0.6 is 22.9 Å². The van der Waals surface area contributed by atoms with E-state index in [1.54, 1.807) is 51.1 Å². The molecular weight excluding hydrogens is 468 g/mol. The second-order valence-corrected chi connectivity index (χ2v) is 8.90. The maximum atomic E-state index is 12.6. The summed E-state index contributed by atoms with van der Waals surface area (Å²) in [5, 5.41) is 5.79. The summed E-state index contributed by atoms with van der Waals surface area (Å²) in [6.45, 7) is 6.73. The van der Waals surface area contributed by atoms with Gasteiger partial charge in [-0.05, 0) is 37.5 Å². The Morgan fingerprint density at radius 3 is 2.36 bits per heavy atom. The van der Waals surface area contributed by atoms with Gasteiger partial charge in [0.25, 0.3) is 11.8 Å². The number of rotatable bonds is 10. The number of thiophene rings is 1. The quantitative estimate of drug-likeness (QED) is 0.481. The van der Waals surface area contributed by atoms with Gasteiger partial charge in [-0.25, -0.2) is 9.59 Å². The Labute approximate surface area is 201 Å². The van der Waals surface area contributed by atoms with E-state index in [-0.39, 0.29) is 28.7 Å². The Morgan fingerprint density at radius 2 is 1.76 bits per heavy atom. The van der Waals surface area contributed by atoms with Gasteiger partial charge in [0.2, 0.25) is 0 Å². The summed E-state index contributed by atoms with van der Waals surface area (Å²) in [5.41, 5.74) is 0.483. The van der Waals surface area contributed by atoms with E-state index in [1.165, 1.54) is 11.3 Å². The molecular formula is C23H27ClN2O6S. The molecule has 2 amide bonds. The Morgan fingerprint density at radius 1 is 1.06 bits per heavy atom. The lowest BCUT2D eigenvalue weighted by atomic mass is 10.0. The number of carbonyl (C=O) groups excluding carboxylic acids is 4. The predicted molar refractivity (Wildman–Crippen MR) is 127 cm³/mol. The molecule has 0 aliphatic heterocycles. The lowest BCUT2D eigenvalue weighted by Crippen LogP contribution is -2.46. The highest BCUT2D eigenvalue weighted by Crippen LogP contribution is 2.29. The normalized spacial score (nSPS) is 11.6. The van der Waals surface area contributed by atoms with Crippen molar-refractivity contribution in [2.75, 3.05) is 18.5 Å². The molecule has 1 aromatic heterocycles. The van der Waals surface area contributed by atoms with Crippen molar-refractivity contribution < 1.29 is 28.7 Å². The third-order valence-electron chi connectivity index (χ3n) is 4.55. The first-order chi connectivity index (χ1) is 15.7. The molecule has 0 saturated carbocycles. The summed E-state index contributed by atoms with van der Waals surface area (Å²) in [5.74, 6) is -2.73. The van der Waals surface area contributed by atoms with Crippen LogP contribution in [0.15, 0.2) is 30.3 Å². The molecule has 0 spiro atoms. The topological polar surface area (TPSA) is 111 Å². The van der Waals surface area contributed by atoms with Gasteiger partial charge in [0, 0.05) is 4.88 Å². The molecule has 1 aromatic carbocycles. The van der Waals surface area contributed by atoms with Crippen LogP contribution in [0, 0.1) is 5.92 Å². The molecule has 33 heavy (non-hydrogen) atoms. The number of amides is 2. The molecule has 2 N–H and O–H groups in total. The predicted octanol–water partition coefficient (Wildman–Crippen LogP) is 4.08. The van der Waals surface area contributed by atoms with Crippen molar-refractivity contribution in [3.63, 3.8) is 0 Å². The maximum Gasteiger partial charge on any atom is 0.341 e. The molecule has 1 atom stereocenters. The van der Waals surface area contributed by atoms with Crippen LogP contribution in [0.2, 0.25) is 5.02 Å². The summed E-state index contributed by atoms with van der Waals surface area (Å²) < 4.78 is 10.2. The fraction of sp³-hybridized carbons (Fsp3) is 0.391. The first-order valence-corrected chi connectivity index (χ1v) is 11.7. The summed E-state index contributed by atoms with van der Waals surface area (Å²) in [4.78, 5) is 50.5. The summed E-state index contributed by atoms with van der Waals surface area (Å²) >= 11 is 7.30. The number of hydrogen-bond acceptors (Lipinski definition) is 7. The number of aryl methyl sites for hydroxylation is 1. The van der Waals surface area contributed by atoms with Crippen molar-refractivity contribution in [3.05, 3.63) is 51.4 Å². The molecule has 1 heterocycles. The number of halogens is 1. The van der Waals surface area contributed by atoms with Gasteiger partial charge in [-0.2, -0.15) is 0 Å². The van der Waals surface area contributed by atoms with E-state index in [4.69, 9.17) is 21.1 Å². The van der Waals surface area contributed by atoms with Crippen molar-refractivity contribution in [1.29, 1.82) is 0 Å². The average molecular weight is 495 g/mol. The van der Waals surface area contributed by atoms with E-state index in [0.717, 1.165) is 4.88 Å². The van der Waals surface area contributed by atoms with Crippen LogP contribution < -0.4 is 10.6 Å². The van der Waals surface area contributed by atoms with Crippen molar-refractivity contribution in [1.82, 2.24) is 5.32 Å². The highest BCUT2D eigenvalue weighted by Gasteiger charge is 2.28. The van der Waals surface area contributed by atoms with E-state index < -0.39 is 36.4 Å². The van der Waals surface area contributed by atoms with Crippen LogP contribution in [0.3, 0.4) is 0 Å². The fourth-order valence-corrected chi connectivity index (χ4v) is 4.04. The molecule has 0 fully saturated rings. The third kappa shape index (κ3) is 7.30. The van der Waals surface area contributed by atoms with Gasteiger partial charge in [0.15, 0.2) is 6.61 Å². The van der Waals surface area contributed by atoms with Crippen LogP contribution in [0.4, 0.5) is 5.00 Å². The van der Waals surface area contributed by atoms with E-state index in [1.807, 2.05) is 6.92 Å². The van der Waals surface area contributed by atoms with E-state index >= 15 is 0 Å². The van der Waals surface area contributed by atoms with Crippen molar-refractivity contribution in [2.24, 2.45) is 5.92 Å². The van der Waals surface area contributed by atoms with Gasteiger partial charge in [-0.1, -0.05) is 44.5 Å². The van der Waals surface area contributed by atoms with Crippen LogP contribution in [0.1, 0.15) is 53.3 Å². The minimum absolute atomic E-state index is 0.206. The molecule has 8 nitrogen and oxygen atoms in total. The average Bonchev–Trinajstić information content (AvgIpc) is 3.18. The van der Waals surface area contributed by atoms with Gasteiger partial charge in [-0.15, -0.1) is 11.3 Å². The van der Waals surface area contributed by atoms with Gasteiger partial charge in [0.05, 0.1) is 22.8 Å². The first-order valence-electron chi connectivity index (χ1n) is 10.5. The third-order valence-corrected chi connectivity index (χ3v) is 6.08. The Hall–Kier alpha value is -2.91. The van der Waals surface area contributed by atoms with E-state index in [2.05, 4.69) is 10.6 Å². The SMILES string of the molecule is CCOC(=O)c1cc(CC)sc1NC(=O)COC(=O)[C@@H](NC(=O)c1ccccc1Cl)C(C)C. The smallest absolute Gasteiger partial charge is 0.341 e. The summed E-state index contributed by atoms with van der Waals surface area (Å²) in [6.07, 6.45) is 0.684. The standard InChI is InChI=1S/C23H27ClN2O6S/c1-5-14-11-16(22(29)31-6-2)21(33-14)25-18(27)12-32-23(30)19(13(3)4)26-20(28)15-9-7-8-10-17(15)24/h7-11,13,19H,5-6,12H2,1-4H3,(H,25,27)(H,26,28)/t19-/m0/s1. The molecule has 0 bridgehead atoms. The Balaban J connectivity index is 2.01. The molecule has 0 aliphatic carbocycles. The van der Waals surface area contributed by atoms with Crippen molar-refractivity contribution >= 4 is 51.7 Å². The minimum atomic E-state index is -0.981. The van der Waals surface area contributed by atoms with Gasteiger partial charge in [0.1, 0.15) is 11.0 Å². The molecule has 0 unspecified atom stereocenters. The van der Waals surface area contributed by atoms with Gasteiger partial charge < -0.3 is 20.1 Å². The number of anilines is 1. The lowest BCUT2D eigenvalue weighted by Gasteiger charge is -2.21. The van der Waals surface area contributed by atoms with Gasteiger partial charge >= 0.3 is 11.9 Å². The fourth-order valence-electron chi connectivity index (χ4n) is 2.82. The number of ether oxygens (including phenoxy) is 2. The molecule has 2 aromatic rings. The minimum Gasteiger partial charge on any atom is -0.462 e. The van der Waals surface area contributed by atoms with Crippen molar-refractivity contribution in [2.45, 2.75) is 40.2 Å². The Bertz CT molecular complexity index is 1020. The highest BCUT2D eigenvalue weighted by molar-refractivity contribution is 7.16. The summed E-state index contributed by atoms with van der Waals surface area (Å²) in [6, 6.07) is 7.15. The second kappa shape index (κ2) is 12.4. The number of esters is 2. The van der Waals surface area contributed by atoms with Crippen LogP contribution in [-0.2, 0) is 25.5 Å². The zero-order valence-electron chi connectivity index (χ0n) is 18.9. The molecule has 10 heteroatoms. The monoisotopic (exact) mass is 494 g/mol. The van der Waals surface area contributed by atoms with Crippen LogP contribution in [-0.4, -0.2) is 43.0 Å². The van der Waals surface area contributed by atoms with Gasteiger partial charge in [-0.3, -0.25) is 9.59 Å². The molecule has 0 saturated heterocycles. The number of benzene rings is 1. The lowest BCUT2D eigenvalue weighted by molar-refractivity contribution is -0.150. The van der Waals surface area contributed by atoms with E-state index in [9.17, 15) is 19.2 Å². The highest BCUT2D eigenvalue weighted by atomic mass is 35.5. The molecule has 0 radical (unpaired) electrons.